The van der Waals surface area contributed by atoms with Crippen molar-refractivity contribution in [3.05, 3.63) is 77.4 Å². The second-order valence-corrected chi connectivity index (χ2v) is 11.1. The van der Waals surface area contributed by atoms with Crippen molar-refractivity contribution in [3.63, 3.8) is 0 Å². The van der Waals surface area contributed by atoms with Crippen LogP contribution in [0, 0.1) is 6.92 Å². The van der Waals surface area contributed by atoms with Gasteiger partial charge in [0.15, 0.2) is 0 Å². The first-order valence-corrected chi connectivity index (χ1v) is 10.5. The van der Waals surface area contributed by atoms with E-state index in [-0.39, 0.29) is 10.6 Å². The monoisotopic (exact) mass is 364 g/mol. The van der Waals surface area contributed by atoms with Crippen molar-refractivity contribution < 1.29 is 5.11 Å². The normalized spacial score (nSPS) is 20.9. The van der Waals surface area contributed by atoms with Crippen molar-refractivity contribution in [1.82, 2.24) is 0 Å². The summed E-state index contributed by atoms with van der Waals surface area (Å²) in [5.74, 6) is 0.465. The van der Waals surface area contributed by atoms with Gasteiger partial charge in [0, 0.05) is 16.0 Å². The van der Waals surface area contributed by atoms with Crippen molar-refractivity contribution >= 4 is 18.5 Å². The van der Waals surface area contributed by atoms with E-state index in [2.05, 4.69) is 102 Å². The van der Waals surface area contributed by atoms with Gasteiger partial charge >= 0.3 is 0 Å². The molecule has 3 rings (SSSR count). The third-order valence-corrected chi connectivity index (χ3v) is 8.40. The van der Waals surface area contributed by atoms with E-state index in [0.29, 0.717) is 5.75 Å². The molecular weight excluding hydrogens is 335 g/mol. The lowest BCUT2D eigenvalue weighted by Crippen LogP contribution is -2.31. The maximum absolute atomic E-state index is 11.3. The van der Waals surface area contributed by atoms with Crippen LogP contribution in [0.1, 0.15) is 45.7 Å². The van der Waals surface area contributed by atoms with Crippen LogP contribution in [-0.4, -0.2) is 10.3 Å². The van der Waals surface area contributed by atoms with Crippen molar-refractivity contribution in [3.8, 4) is 5.75 Å². The van der Waals surface area contributed by atoms with Crippen molar-refractivity contribution in [2.24, 2.45) is 0 Å². The quantitative estimate of drug-likeness (QED) is 0.692. The lowest BCUT2D eigenvalue weighted by atomic mass is 9.85. The Bertz CT molecular complexity index is 871. The fourth-order valence-electron chi connectivity index (χ4n) is 3.67. The molecule has 0 bridgehead atoms. The standard InChI is InChI=1S/C24H29OP/c1-17-15-20(23(3,4)5)22(25)21(16-17)26(19-12-8-7-9-13-19)24(6)14-10-11-18(24)2/h7-16,25H,1-6H3. The van der Waals surface area contributed by atoms with Gasteiger partial charge in [0.2, 0.25) is 0 Å². The molecule has 0 radical (unpaired) electrons. The SMILES string of the molecule is CC1=CC=CC1(C)P(c1ccccc1)c1cc(C)cc(C(C)(C)C)c1O. The van der Waals surface area contributed by atoms with Gasteiger partial charge in [-0.1, -0.05) is 81.0 Å². The molecule has 2 unspecified atom stereocenters. The van der Waals surface area contributed by atoms with Gasteiger partial charge in [0.05, 0.1) is 0 Å². The molecule has 1 aliphatic rings. The van der Waals surface area contributed by atoms with Crippen LogP contribution >= 0.6 is 7.92 Å². The van der Waals surface area contributed by atoms with Gasteiger partial charge in [0.1, 0.15) is 5.75 Å². The third kappa shape index (κ3) is 3.26. The van der Waals surface area contributed by atoms with E-state index in [1.165, 1.54) is 16.4 Å². The minimum Gasteiger partial charge on any atom is -0.507 e. The molecule has 2 heteroatoms. The van der Waals surface area contributed by atoms with Gasteiger partial charge < -0.3 is 5.11 Å². The van der Waals surface area contributed by atoms with E-state index in [1.807, 2.05) is 0 Å². The Morgan fingerprint density at radius 1 is 1.00 bits per heavy atom. The summed E-state index contributed by atoms with van der Waals surface area (Å²) in [7, 11) is -0.779. The fraction of sp³-hybridized carbons (Fsp3) is 0.333. The second-order valence-electron chi connectivity index (χ2n) is 8.46. The molecule has 136 valence electrons. The minimum absolute atomic E-state index is 0.0862. The zero-order valence-corrected chi connectivity index (χ0v) is 17.6. The molecule has 1 N–H and O–H groups in total. The largest absolute Gasteiger partial charge is 0.507 e. The van der Waals surface area contributed by atoms with Crippen LogP contribution < -0.4 is 10.6 Å². The first-order chi connectivity index (χ1) is 12.1. The van der Waals surface area contributed by atoms with E-state index in [0.717, 1.165) is 10.9 Å². The summed E-state index contributed by atoms with van der Waals surface area (Å²) >= 11 is 0. The number of hydrogen-bond donors (Lipinski definition) is 1. The van der Waals surface area contributed by atoms with E-state index in [1.54, 1.807) is 0 Å². The van der Waals surface area contributed by atoms with Crippen LogP contribution in [0.5, 0.6) is 5.75 Å². The molecule has 2 aromatic rings. The maximum Gasteiger partial charge on any atom is 0.127 e. The Balaban J connectivity index is 2.30. The average Bonchev–Trinajstić information content (AvgIpc) is 2.90. The molecule has 0 aliphatic heterocycles. The highest BCUT2D eigenvalue weighted by Gasteiger charge is 2.39. The molecule has 1 nitrogen and oxygen atoms in total. The molecule has 0 heterocycles. The number of phenols is 1. The smallest absolute Gasteiger partial charge is 0.127 e. The molecular formula is C24H29OP. The summed E-state index contributed by atoms with van der Waals surface area (Å²) in [6.07, 6.45) is 6.67. The zero-order valence-electron chi connectivity index (χ0n) is 16.7. The highest BCUT2D eigenvalue weighted by molar-refractivity contribution is 7.75. The van der Waals surface area contributed by atoms with E-state index >= 15 is 0 Å². The zero-order chi connectivity index (χ0) is 19.1. The third-order valence-electron chi connectivity index (χ3n) is 5.33. The van der Waals surface area contributed by atoms with E-state index in [4.69, 9.17) is 0 Å². The number of benzene rings is 2. The summed E-state index contributed by atoms with van der Waals surface area (Å²) in [5.41, 5.74) is 3.49. The van der Waals surface area contributed by atoms with Crippen LogP contribution in [0.4, 0.5) is 0 Å². The van der Waals surface area contributed by atoms with Gasteiger partial charge in [-0.15, -0.1) is 0 Å². The Morgan fingerprint density at radius 2 is 1.65 bits per heavy atom. The molecule has 0 saturated heterocycles. The highest BCUT2D eigenvalue weighted by atomic mass is 31.1. The Kier molecular flexibility index (Phi) is 4.88. The molecule has 0 fully saturated rings. The predicted octanol–water partition coefficient (Wildman–Crippen LogP) is 5.71. The first-order valence-electron chi connectivity index (χ1n) is 9.20. The van der Waals surface area contributed by atoms with Crippen molar-refractivity contribution in [2.75, 3.05) is 0 Å². The molecule has 0 amide bonds. The van der Waals surface area contributed by atoms with Gasteiger partial charge in [-0.05, 0) is 51.0 Å². The average molecular weight is 364 g/mol. The van der Waals surface area contributed by atoms with Crippen LogP contribution in [0.2, 0.25) is 0 Å². The van der Waals surface area contributed by atoms with Gasteiger partial charge in [-0.25, -0.2) is 0 Å². The first kappa shape index (κ1) is 18.9. The number of aromatic hydroxyl groups is 1. The predicted molar refractivity (Wildman–Crippen MR) is 115 cm³/mol. The van der Waals surface area contributed by atoms with Crippen LogP contribution in [0.15, 0.2) is 66.3 Å². The molecule has 2 aromatic carbocycles. The minimum atomic E-state index is -0.779. The molecule has 26 heavy (non-hydrogen) atoms. The number of phenolic OH excluding ortho intramolecular Hbond substituents is 1. The number of rotatable bonds is 3. The summed E-state index contributed by atoms with van der Waals surface area (Å²) in [4.78, 5) is 0. The van der Waals surface area contributed by atoms with Crippen LogP contribution in [-0.2, 0) is 5.41 Å². The number of hydrogen-bond acceptors (Lipinski definition) is 1. The Labute approximate surface area is 159 Å². The van der Waals surface area contributed by atoms with Gasteiger partial charge in [0.25, 0.3) is 0 Å². The lowest BCUT2D eigenvalue weighted by molar-refractivity contribution is 0.450. The number of allylic oxidation sites excluding steroid dienone is 4. The fourth-order valence-corrected chi connectivity index (χ4v) is 6.78. The van der Waals surface area contributed by atoms with E-state index < -0.39 is 7.92 Å². The van der Waals surface area contributed by atoms with Gasteiger partial charge in [-0.2, -0.15) is 0 Å². The Morgan fingerprint density at radius 3 is 2.19 bits per heavy atom. The molecule has 0 spiro atoms. The van der Waals surface area contributed by atoms with Gasteiger partial charge in [-0.3, -0.25) is 0 Å². The summed E-state index contributed by atoms with van der Waals surface area (Å²) in [5, 5.41) is 13.6. The van der Waals surface area contributed by atoms with Crippen molar-refractivity contribution in [1.29, 1.82) is 0 Å². The molecule has 0 saturated carbocycles. The maximum atomic E-state index is 11.3. The summed E-state index contributed by atoms with van der Waals surface area (Å²) in [6, 6.07) is 15.0. The number of aryl methyl sites for hydroxylation is 1. The summed E-state index contributed by atoms with van der Waals surface area (Å²) in [6.45, 7) is 13.1. The lowest BCUT2D eigenvalue weighted by Gasteiger charge is -2.37. The van der Waals surface area contributed by atoms with Crippen LogP contribution in [0.3, 0.4) is 0 Å². The Hall–Kier alpha value is -1.85. The molecule has 0 aromatic heterocycles. The second kappa shape index (κ2) is 6.71. The van der Waals surface area contributed by atoms with E-state index in [9.17, 15) is 5.11 Å². The van der Waals surface area contributed by atoms with Crippen molar-refractivity contribution in [2.45, 2.75) is 52.1 Å². The molecule has 1 aliphatic carbocycles. The summed E-state index contributed by atoms with van der Waals surface area (Å²) < 4.78 is 0. The molecule has 2 atom stereocenters. The topological polar surface area (TPSA) is 20.2 Å². The van der Waals surface area contributed by atoms with Crippen LogP contribution in [0.25, 0.3) is 0 Å². The highest BCUT2D eigenvalue weighted by Crippen LogP contribution is 2.56.